The van der Waals surface area contributed by atoms with Crippen molar-refractivity contribution in [2.75, 3.05) is 12.3 Å². The molecule has 1 aliphatic rings. The molecule has 0 spiro atoms. The van der Waals surface area contributed by atoms with Crippen LogP contribution in [0.1, 0.15) is 18.7 Å². The van der Waals surface area contributed by atoms with Crippen LogP contribution in [-0.4, -0.2) is 49.8 Å². The molecule has 1 aromatic heterocycles. The number of nitrogens with two attached hydrogens (primary N) is 1. The number of aliphatic hydroxyl groups is 3. The fourth-order valence-corrected chi connectivity index (χ4v) is 2.34. The lowest BCUT2D eigenvalue weighted by atomic mass is 10.1. The number of nitrogen functional groups attached to an aromatic ring is 1. The van der Waals surface area contributed by atoms with E-state index < -0.39 is 24.5 Å². The van der Waals surface area contributed by atoms with Crippen LogP contribution >= 0.6 is 12.2 Å². The summed E-state index contributed by atoms with van der Waals surface area (Å²) in [4.78, 5) is 4.02. The molecule has 0 saturated carbocycles. The second kappa shape index (κ2) is 5.51. The third-order valence-electron chi connectivity index (χ3n) is 3.23. The average Bonchev–Trinajstić information content (AvgIpc) is 2.67. The van der Waals surface area contributed by atoms with Crippen LogP contribution in [0.25, 0.3) is 0 Å². The number of nitrogens with zero attached hydrogens (tertiary/aromatic N) is 2. The van der Waals surface area contributed by atoms with Crippen molar-refractivity contribution in [3.8, 4) is 0 Å². The number of hydrogen-bond donors (Lipinski definition) is 4. The molecule has 7 nitrogen and oxygen atoms in total. The summed E-state index contributed by atoms with van der Waals surface area (Å²) in [6.45, 7) is 1.53. The van der Waals surface area contributed by atoms with Gasteiger partial charge in [0.25, 0.3) is 0 Å². The van der Waals surface area contributed by atoms with Gasteiger partial charge in [-0.25, -0.2) is 4.98 Å². The van der Waals surface area contributed by atoms with Gasteiger partial charge in [-0.2, -0.15) is 0 Å². The molecule has 0 aromatic carbocycles. The van der Waals surface area contributed by atoms with Gasteiger partial charge in [0.15, 0.2) is 6.23 Å². The Kier molecular flexibility index (Phi) is 4.16. The summed E-state index contributed by atoms with van der Waals surface area (Å²) in [7, 11) is 0. The van der Waals surface area contributed by atoms with Crippen LogP contribution in [0.15, 0.2) is 6.20 Å². The van der Waals surface area contributed by atoms with Crippen LogP contribution in [0.5, 0.6) is 0 Å². The van der Waals surface area contributed by atoms with Gasteiger partial charge in [0, 0.05) is 11.8 Å². The van der Waals surface area contributed by atoms with Crippen molar-refractivity contribution in [2.24, 2.45) is 0 Å². The lowest BCUT2D eigenvalue weighted by molar-refractivity contribution is -0.0541. The lowest BCUT2D eigenvalue weighted by Crippen LogP contribution is -2.33. The van der Waals surface area contributed by atoms with Crippen molar-refractivity contribution < 1.29 is 20.1 Å². The van der Waals surface area contributed by atoms with E-state index in [1.807, 2.05) is 6.92 Å². The summed E-state index contributed by atoms with van der Waals surface area (Å²) in [5.74, 6) is 0.343. The van der Waals surface area contributed by atoms with Gasteiger partial charge in [-0.15, -0.1) is 0 Å². The molecule has 19 heavy (non-hydrogen) atoms. The Morgan fingerprint density at radius 2 is 2.16 bits per heavy atom. The molecule has 0 amide bonds. The number of anilines is 1. The highest BCUT2D eigenvalue weighted by Gasteiger charge is 2.43. The second-order valence-electron chi connectivity index (χ2n) is 4.42. The zero-order valence-electron chi connectivity index (χ0n) is 10.4. The van der Waals surface area contributed by atoms with E-state index in [9.17, 15) is 10.2 Å². The van der Waals surface area contributed by atoms with Crippen LogP contribution in [0.3, 0.4) is 0 Å². The molecule has 106 valence electrons. The molecule has 0 unspecified atom stereocenters. The van der Waals surface area contributed by atoms with E-state index in [4.69, 9.17) is 27.8 Å². The van der Waals surface area contributed by atoms with Crippen LogP contribution in [0.2, 0.25) is 0 Å². The largest absolute Gasteiger partial charge is 0.394 e. The van der Waals surface area contributed by atoms with Crippen molar-refractivity contribution in [2.45, 2.75) is 37.9 Å². The molecule has 1 fully saturated rings. The van der Waals surface area contributed by atoms with Gasteiger partial charge < -0.3 is 25.8 Å². The summed E-state index contributed by atoms with van der Waals surface area (Å²) < 4.78 is 7.02. The molecule has 1 saturated heterocycles. The van der Waals surface area contributed by atoms with Crippen molar-refractivity contribution in [3.63, 3.8) is 0 Å². The highest BCUT2D eigenvalue weighted by Crippen LogP contribution is 2.30. The monoisotopic (exact) mass is 287 g/mol. The van der Waals surface area contributed by atoms with Crippen LogP contribution < -0.4 is 5.73 Å². The normalized spacial score (nSPS) is 30.7. The number of hydrogen-bond acceptors (Lipinski definition) is 7. The maximum atomic E-state index is 9.96. The first-order chi connectivity index (χ1) is 8.99. The first-order valence-electron chi connectivity index (χ1n) is 5.99. The Balaban J connectivity index is 2.40. The molecule has 5 N–H and O–H groups in total. The van der Waals surface area contributed by atoms with E-state index in [-0.39, 0.29) is 11.4 Å². The summed E-state index contributed by atoms with van der Waals surface area (Å²) >= 11 is 5.09. The Morgan fingerprint density at radius 3 is 2.68 bits per heavy atom. The molecule has 2 heterocycles. The standard InChI is InChI=1S/C11H17N3O4S/c1-2-5-3-14(11(19)13-9(5)12)10-8(17)7(16)6(4-15)18-10/h3,6-8,10,15-17H,2,4H2,1H3,(H2,12,13,19)/t6-,7-,8-,10-/m1/s1. The van der Waals surface area contributed by atoms with E-state index in [0.29, 0.717) is 12.2 Å². The average molecular weight is 287 g/mol. The Labute approximate surface area is 115 Å². The number of aromatic nitrogens is 2. The predicted molar refractivity (Wildman–Crippen MR) is 69.9 cm³/mol. The van der Waals surface area contributed by atoms with E-state index in [2.05, 4.69) is 4.98 Å². The van der Waals surface area contributed by atoms with E-state index in [0.717, 1.165) is 5.56 Å². The zero-order valence-corrected chi connectivity index (χ0v) is 11.2. The zero-order chi connectivity index (χ0) is 14.2. The summed E-state index contributed by atoms with van der Waals surface area (Å²) in [5.41, 5.74) is 6.50. The van der Waals surface area contributed by atoms with Gasteiger partial charge in [0.05, 0.1) is 6.61 Å². The fourth-order valence-electron chi connectivity index (χ4n) is 2.09. The van der Waals surface area contributed by atoms with Gasteiger partial charge in [0.2, 0.25) is 4.77 Å². The summed E-state index contributed by atoms with van der Waals surface area (Å²) in [6.07, 6.45) is -1.75. The maximum Gasteiger partial charge on any atom is 0.203 e. The van der Waals surface area contributed by atoms with Crippen LogP contribution in [0, 0.1) is 4.77 Å². The van der Waals surface area contributed by atoms with Gasteiger partial charge >= 0.3 is 0 Å². The first-order valence-corrected chi connectivity index (χ1v) is 6.40. The van der Waals surface area contributed by atoms with Gasteiger partial charge in [-0.3, -0.25) is 4.57 Å². The Bertz CT molecular complexity index is 521. The topological polar surface area (TPSA) is 114 Å². The second-order valence-corrected chi connectivity index (χ2v) is 4.79. The van der Waals surface area contributed by atoms with Gasteiger partial charge in [-0.1, -0.05) is 6.92 Å². The smallest absolute Gasteiger partial charge is 0.203 e. The molecule has 8 heteroatoms. The minimum Gasteiger partial charge on any atom is -0.394 e. The molecule has 4 atom stereocenters. The predicted octanol–water partition coefficient (Wildman–Crippen LogP) is -0.631. The third-order valence-corrected chi connectivity index (χ3v) is 3.54. The number of aryl methyl sites for hydroxylation is 1. The first kappa shape index (κ1) is 14.4. The van der Waals surface area contributed by atoms with E-state index in [1.165, 1.54) is 4.57 Å². The molecule has 0 bridgehead atoms. The van der Waals surface area contributed by atoms with Gasteiger partial charge in [0.1, 0.15) is 24.1 Å². The highest BCUT2D eigenvalue weighted by molar-refractivity contribution is 7.71. The van der Waals surface area contributed by atoms with Crippen molar-refractivity contribution in [3.05, 3.63) is 16.5 Å². The van der Waals surface area contributed by atoms with Crippen molar-refractivity contribution >= 4 is 18.0 Å². The fraction of sp³-hybridized carbons (Fsp3) is 0.636. The molecule has 2 rings (SSSR count). The molecule has 0 radical (unpaired) electrons. The molecular formula is C11H17N3O4S. The van der Waals surface area contributed by atoms with Crippen LogP contribution in [0.4, 0.5) is 5.82 Å². The number of aliphatic hydroxyl groups excluding tert-OH is 3. The third kappa shape index (κ3) is 2.49. The van der Waals surface area contributed by atoms with Crippen LogP contribution in [-0.2, 0) is 11.2 Å². The van der Waals surface area contributed by atoms with E-state index in [1.54, 1.807) is 6.20 Å². The Morgan fingerprint density at radius 1 is 1.47 bits per heavy atom. The highest BCUT2D eigenvalue weighted by atomic mass is 32.1. The van der Waals surface area contributed by atoms with Crippen molar-refractivity contribution in [1.82, 2.24) is 9.55 Å². The summed E-state index contributed by atoms with van der Waals surface area (Å²) in [6, 6.07) is 0. The van der Waals surface area contributed by atoms with Crippen molar-refractivity contribution in [1.29, 1.82) is 0 Å². The Hall–Kier alpha value is -1.06. The number of ether oxygens (including phenoxy) is 1. The molecule has 1 aromatic rings. The molecule has 0 aliphatic carbocycles. The number of rotatable bonds is 3. The minimum absolute atomic E-state index is 0.157. The van der Waals surface area contributed by atoms with E-state index >= 15 is 0 Å². The quantitative estimate of drug-likeness (QED) is 0.547. The lowest BCUT2D eigenvalue weighted by Gasteiger charge is -2.19. The SMILES string of the molecule is CCc1cn([C@@H]2O[C@H](CO)[C@@H](O)[C@H]2O)c(=S)nc1N. The minimum atomic E-state index is -1.18. The van der Waals surface area contributed by atoms with Gasteiger partial charge in [-0.05, 0) is 18.6 Å². The molecule has 1 aliphatic heterocycles. The molecular weight excluding hydrogens is 270 g/mol. The maximum absolute atomic E-state index is 9.96. The summed E-state index contributed by atoms with van der Waals surface area (Å²) in [5, 5.41) is 28.8.